The second kappa shape index (κ2) is 13.6. The molecule has 1 aromatic carbocycles. The van der Waals surface area contributed by atoms with Gasteiger partial charge >= 0.3 is 0 Å². The molecule has 0 aliphatic carbocycles. The summed E-state index contributed by atoms with van der Waals surface area (Å²) in [5.41, 5.74) is 1.41. The highest BCUT2D eigenvalue weighted by Gasteiger charge is 2.36. The van der Waals surface area contributed by atoms with Crippen molar-refractivity contribution >= 4 is 5.91 Å². The van der Waals surface area contributed by atoms with Crippen molar-refractivity contribution in [2.24, 2.45) is 11.8 Å². The Morgan fingerprint density at radius 2 is 1.94 bits per heavy atom. The van der Waals surface area contributed by atoms with E-state index in [4.69, 9.17) is 4.74 Å². The van der Waals surface area contributed by atoms with E-state index in [0.717, 1.165) is 83.9 Å². The number of hydrogen-bond acceptors (Lipinski definition) is 5. The highest BCUT2D eigenvalue weighted by Crippen LogP contribution is 2.31. The predicted molar refractivity (Wildman–Crippen MR) is 138 cm³/mol. The minimum Gasteiger partial charge on any atom is -0.378 e. The number of fused-ring (bicyclic) bond motifs is 2. The summed E-state index contributed by atoms with van der Waals surface area (Å²) in [5, 5.41) is 6.90. The van der Waals surface area contributed by atoms with Crippen LogP contribution in [0, 0.1) is 11.8 Å². The lowest BCUT2D eigenvalue weighted by Gasteiger charge is -2.46. The van der Waals surface area contributed by atoms with Crippen LogP contribution >= 0.6 is 0 Å². The maximum absolute atomic E-state index is 12.3. The molecule has 2 bridgehead atoms. The van der Waals surface area contributed by atoms with E-state index in [2.05, 4.69) is 57.7 Å². The van der Waals surface area contributed by atoms with Gasteiger partial charge in [-0.1, -0.05) is 37.3 Å². The second-order valence-electron chi connectivity index (χ2n) is 10.7. The topological polar surface area (TPSA) is 56.8 Å². The summed E-state index contributed by atoms with van der Waals surface area (Å²) in [7, 11) is 0. The SMILES string of the molecule is CCN1CCC(OCCCNC(=O)CCC[C@H]2NCC3CC2CN(Cc2ccccc2)C3)CC1. The largest absolute Gasteiger partial charge is 0.378 e. The first-order chi connectivity index (χ1) is 16.7. The molecule has 3 saturated heterocycles. The van der Waals surface area contributed by atoms with Crippen LogP contribution in [-0.2, 0) is 16.1 Å². The fourth-order valence-corrected chi connectivity index (χ4v) is 6.09. The zero-order chi connectivity index (χ0) is 23.6. The number of nitrogens with zero attached hydrogens (tertiary/aromatic N) is 2. The third-order valence-corrected chi connectivity index (χ3v) is 8.03. The van der Waals surface area contributed by atoms with Crippen LogP contribution in [0.4, 0.5) is 0 Å². The Morgan fingerprint density at radius 1 is 1.12 bits per heavy atom. The van der Waals surface area contributed by atoms with Crippen LogP contribution < -0.4 is 10.6 Å². The summed E-state index contributed by atoms with van der Waals surface area (Å²) in [4.78, 5) is 17.4. The van der Waals surface area contributed by atoms with E-state index in [1.54, 1.807) is 0 Å². The molecule has 4 rings (SSSR count). The molecule has 1 amide bonds. The number of ether oxygens (including phenoxy) is 1. The van der Waals surface area contributed by atoms with E-state index in [9.17, 15) is 4.79 Å². The fourth-order valence-electron chi connectivity index (χ4n) is 6.09. The minimum absolute atomic E-state index is 0.194. The molecule has 6 nitrogen and oxygen atoms in total. The van der Waals surface area contributed by atoms with Gasteiger partial charge < -0.3 is 20.3 Å². The van der Waals surface area contributed by atoms with Gasteiger partial charge in [0, 0.05) is 58.3 Å². The van der Waals surface area contributed by atoms with Crippen molar-refractivity contribution in [2.45, 2.75) is 70.6 Å². The molecular formula is C28H46N4O2. The molecule has 3 aliphatic heterocycles. The number of carbonyl (C=O) groups is 1. The maximum atomic E-state index is 12.3. The number of likely N-dealkylation sites (tertiary alicyclic amines) is 2. The van der Waals surface area contributed by atoms with Gasteiger partial charge in [0.1, 0.15) is 0 Å². The number of benzene rings is 1. The van der Waals surface area contributed by atoms with Crippen LogP contribution in [0.5, 0.6) is 0 Å². The molecule has 2 unspecified atom stereocenters. The number of amides is 1. The maximum Gasteiger partial charge on any atom is 0.219 e. The van der Waals surface area contributed by atoms with Crippen molar-refractivity contribution in [2.75, 3.05) is 52.4 Å². The molecule has 6 heteroatoms. The van der Waals surface area contributed by atoms with Gasteiger partial charge in [-0.25, -0.2) is 0 Å². The van der Waals surface area contributed by atoms with E-state index in [-0.39, 0.29) is 5.91 Å². The Labute approximate surface area is 206 Å². The Balaban J connectivity index is 1.06. The molecule has 0 saturated carbocycles. The van der Waals surface area contributed by atoms with Crippen LogP contribution in [0.1, 0.15) is 57.4 Å². The van der Waals surface area contributed by atoms with E-state index in [0.29, 0.717) is 24.5 Å². The Morgan fingerprint density at radius 3 is 2.74 bits per heavy atom. The van der Waals surface area contributed by atoms with Gasteiger partial charge in [-0.3, -0.25) is 9.69 Å². The number of hydrogen-bond donors (Lipinski definition) is 2. The van der Waals surface area contributed by atoms with Gasteiger partial charge in [-0.2, -0.15) is 0 Å². The molecule has 3 heterocycles. The van der Waals surface area contributed by atoms with Crippen LogP contribution in [0.25, 0.3) is 0 Å². The Kier molecular flexibility index (Phi) is 10.2. The molecule has 3 aliphatic rings. The van der Waals surface area contributed by atoms with E-state index >= 15 is 0 Å². The molecule has 2 N–H and O–H groups in total. The first-order valence-corrected chi connectivity index (χ1v) is 13.8. The van der Waals surface area contributed by atoms with Gasteiger partial charge in [-0.15, -0.1) is 0 Å². The van der Waals surface area contributed by atoms with Crippen molar-refractivity contribution in [3.8, 4) is 0 Å². The molecule has 1 aromatic rings. The number of piperidine rings is 3. The molecule has 3 fully saturated rings. The first-order valence-electron chi connectivity index (χ1n) is 13.8. The monoisotopic (exact) mass is 470 g/mol. The summed E-state index contributed by atoms with van der Waals surface area (Å²) >= 11 is 0. The molecule has 0 radical (unpaired) electrons. The lowest BCUT2D eigenvalue weighted by Crippen LogP contribution is -2.55. The van der Waals surface area contributed by atoms with Crippen LogP contribution in [0.15, 0.2) is 30.3 Å². The van der Waals surface area contributed by atoms with Crippen molar-refractivity contribution in [3.63, 3.8) is 0 Å². The normalized spacial score (nSPS) is 26.4. The highest BCUT2D eigenvalue weighted by atomic mass is 16.5. The standard InChI is InChI=1S/C28H46N4O2/c1-2-31-15-12-26(13-16-31)34-17-7-14-29-28(33)11-6-10-27-25-18-24(19-30-27)21-32(22-25)20-23-8-4-3-5-9-23/h3-5,8-9,24-27,30H,2,6-7,10-22H2,1H3,(H,29,33)/t24?,25?,27-/m1/s1. The van der Waals surface area contributed by atoms with Crippen molar-refractivity contribution in [3.05, 3.63) is 35.9 Å². The quantitative estimate of drug-likeness (QED) is 0.459. The number of rotatable bonds is 12. The summed E-state index contributed by atoms with van der Waals surface area (Å²) in [6, 6.07) is 11.4. The third-order valence-electron chi connectivity index (χ3n) is 8.03. The zero-order valence-corrected chi connectivity index (χ0v) is 21.2. The van der Waals surface area contributed by atoms with E-state index in [1.807, 2.05) is 0 Å². The third kappa shape index (κ3) is 8.04. The van der Waals surface area contributed by atoms with E-state index < -0.39 is 0 Å². The Hall–Kier alpha value is -1.47. The number of carbonyl (C=O) groups excluding carboxylic acids is 1. The Bertz CT molecular complexity index is 722. The van der Waals surface area contributed by atoms with Crippen molar-refractivity contribution in [1.29, 1.82) is 0 Å². The molecule has 0 spiro atoms. The van der Waals surface area contributed by atoms with Gasteiger partial charge in [0.2, 0.25) is 5.91 Å². The van der Waals surface area contributed by atoms with E-state index in [1.165, 1.54) is 25.1 Å². The lowest BCUT2D eigenvalue weighted by molar-refractivity contribution is -0.121. The second-order valence-corrected chi connectivity index (χ2v) is 10.7. The molecule has 190 valence electrons. The summed E-state index contributed by atoms with van der Waals surface area (Å²) in [5.74, 6) is 1.67. The fraction of sp³-hybridized carbons (Fsp3) is 0.750. The van der Waals surface area contributed by atoms with Gasteiger partial charge in [0.15, 0.2) is 0 Å². The van der Waals surface area contributed by atoms with Crippen LogP contribution in [0.3, 0.4) is 0 Å². The smallest absolute Gasteiger partial charge is 0.219 e. The van der Waals surface area contributed by atoms with Crippen molar-refractivity contribution in [1.82, 2.24) is 20.4 Å². The van der Waals surface area contributed by atoms with Gasteiger partial charge in [-0.05, 0) is 69.0 Å². The lowest BCUT2D eigenvalue weighted by atomic mass is 9.79. The van der Waals surface area contributed by atoms with Crippen LogP contribution in [-0.4, -0.2) is 80.3 Å². The average molecular weight is 471 g/mol. The zero-order valence-electron chi connectivity index (χ0n) is 21.2. The highest BCUT2D eigenvalue weighted by molar-refractivity contribution is 5.75. The van der Waals surface area contributed by atoms with Crippen molar-refractivity contribution < 1.29 is 9.53 Å². The summed E-state index contributed by atoms with van der Waals surface area (Å²) < 4.78 is 6.01. The molecule has 0 aromatic heterocycles. The van der Waals surface area contributed by atoms with Gasteiger partial charge in [0.25, 0.3) is 0 Å². The number of nitrogens with one attached hydrogen (secondary N) is 2. The minimum atomic E-state index is 0.194. The predicted octanol–water partition coefficient (Wildman–Crippen LogP) is 3.27. The van der Waals surface area contributed by atoms with Gasteiger partial charge in [0.05, 0.1) is 6.10 Å². The average Bonchev–Trinajstić information content (AvgIpc) is 2.86. The van der Waals surface area contributed by atoms with Crippen LogP contribution in [0.2, 0.25) is 0 Å². The summed E-state index contributed by atoms with van der Waals surface area (Å²) in [6.45, 7) is 11.7. The molecule has 3 atom stereocenters. The summed E-state index contributed by atoms with van der Waals surface area (Å²) in [6.07, 6.45) is 7.64. The first kappa shape index (κ1) is 25.6. The molecular weight excluding hydrogens is 424 g/mol. The molecule has 34 heavy (non-hydrogen) atoms.